The Morgan fingerprint density at radius 2 is 1.83 bits per heavy atom. The zero-order valence-corrected chi connectivity index (χ0v) is 25.2. The molecule has 6 rings (SSSR count). The maximum Gasteiger partial charge on any atom is 0.307 e. The molecule has 2 unspecified atom stereocenters. The molecule has 0 aromatic carbocycles. The standard InChI is InChI=1S/C33H47NO7/c1-32-17-25(36)28-21(22(32)12-13-23(32)26(37)18-39-27(38)14-15-34(3)4)11-10-20-16-24(35)29-30(33(20,28)2)41-31(40-29)19-8-6-5-7-9-19/h16,19,21-23,25,28,31,36H,5-15,17-18H2,1-4H3/t21?,22?,23-,25+,28-,31+,32+,33+/m1/s1. The van der Waals surface area contributed by atoms with Gasteiger partial charge in [-0.3, -0.25) is 14.4 Å². The Morgan fingerprint density at radius 1 is 1.07 bits per heavy atom. The molecule has 8 heteroatoms. The van der Waals surface area contributed by atoms with Gasteiger partial charge in [0.15, 0.2) is 11.5 Å². The summed E-state index contributed by atoms with van der Waals surface area (Å²) in [6, 6.07) is 0. The third-order valence-corrected chi connectivity index (χ3v) is 11.8. The molecule has 0 aromatic heterocycles. The topological polar surface area (TPSA) is 102 Å². The minimum Gasteiger partial charge on any atom is -0.458 e. The van der Waals surface area contributed by atoms with Crippen molar-refractivity contribution in [2.75, 3.05) is 27.2 Å². The molecule has 8 nitrogen and oxygen atoms in total. The number of fused-ring (bicyclic) bond motifs is 6. The van der Waals surface area contributed by atoms with Crippen LogP contribution in [-0.4, -0.2) is 67.2 Å². The van der Waals surface area contributed by atoms with E-state index in [1.54, 1.807) is 6.08 Å². The van der Waals surface area contributed by atoms with Gasteiger partial charge in [0.1, 0.15) is 6.61 Å². The van der Waals surface area contributed by atoms with Gasteiger partial charge in [0.2, 0.25) is 17.8 Å². The highest BCUT2D eigenvalue weighted by Gasteiger charge is 2.66. The molecule has 0 radical (unpaired) electrons. The van der Waals surface area contributed by atoms with Gasteiger partial charge in [-0.05, 0) is 89.3 Å². The van der Waals surface area contributed by atoms with Crippen molar-refractivity contribution in [2.24, 2.45) is 40.4 Å². The predicted molar refractivity (Wildman–Crippen MR) is 151 cm³/mol. The lowest BCUT2D eigenvalue weighted by atomic mass is 9.46. The number of ketones is 2. The van der Waals surface area contributed by atoms with Crippen LogP contribution in [0, 0.1) is 40.4 Å². The van der Waals surface area contributed by atoms with Crippen molar-refractivity contribution in [3.8, 4) is 0 Å². The summed E-state index contributed by atoms with van der Waals surface area (Å²) in [5.41, 5.74) is 0.0960. The normalized spacial score (nSPS) is 40.1. The SMILES string of the molecule is CN(C)CCC(=O)OCC(=O)[C@H]1CCC2C3CCC4=CC(=O)C5=C(O[C@@H](C6CCCCC6)O5)[C@]4(C)[C@H]3[C@@H](O)C[C@@]21C. The molecule has 6 aliphatic rings. The first-order chi connectivity index (χ1) is 19.5. The number of hydrogen-bond donors (Lipinski definition) is 1. The van der Waals surface area contributed by atoms with Crippen molar-refractivity contribution in [1.29, 1.82) is 0 Å². The van der Waals surface area contributed by atoms with E-state index in [9.17, 15) is 19.5 Å². The third kappa shape index (κ3) is 4.77. The summed E-state index contributed by atoms with van der Waals surface area (Å²) in [6.45, 7) is 4.71. The van der Waals surface area contributed by atoms with Gasteiger partial charge in [-0.1, -0.05) is 31.8 Å². The van der Waals surface area contributed by atoms with Crippen LogP contribution in [0.5, 0.6) is 0 Å². The molecule has 4 fully saturated rings. The van der Waals surface area contributed by atoms with Crippen molar-refractivity contribution in [3.63, 3.8) is 0 Å². The third-order valence-electron chi connectivity index (χ3n) is 11.8. The number of Topliss-reactive ketones (excluding diaryl/α,β-unsaturated/α-hetero) is 1. The number of esters is 1. The van der Waals surface area contributed by atoms with Gasteiger partial charge in [0, 0.05) is 24.3 Å². The van der Waals surface area contributed by atoms with Crippen molar-refractivity contribution >= 4 is 17.5 Å². The monoisotopic (exact) mass is 569 g/mol. The average molecular weight is 570 g/mol. The summed E-state index contributed by atoms with van der Waals surface area (Å²) >= 11 is 0. The lowest BCUT2D eigenvalue weighted by Gasteiger charge is -2.59. The van der Waals surface area contributed by atoms with Gasteiger partial charge in [0.05, 0.1) is 17.9 Å². The first kappa shape index (κ1) is 28.9. The fourth-order valence-electron chi connectivity index (χ4n) is 9.77. The van der Waals surface area contributed by atoms with Crippen molar-refractivity contribution in [2.45, 2.75) is 96.9 Å². The highest BCUT2D eigenvalue weighted by atomic mass is 16.7. The van der Waals surface area contributed by atoms with Crippen molar-refractivity contribution in [3.05, 3.63) is 23.2 Å². The van der Waals surface area contributed by atoms with Crippen LogP contribution < -0.4 is 0 Å². The molecule has 226 valence electrons. The molecule has 0 aromatic rings. The summed E-state index contributed by atoms with van der Waals surface area (Å²) < 4.78 is 18.3. The lowest BCUT2D eigenvalue weighted by Crippen LogP contribution is -2.57. The van der Waals surface area contributed by atoms with E-state index in [2.05, 4.69) is 13.8 Å². The highest BCUT2D eigenvalue weighted by Crippen LogP contribution is 2.68. The molecular weight excluding hydrogens is 522 g/mol. The summed E-state index contributed by atoms with van der Waals surface area (Å²) in [5.74, 6) is 0.916. The Morgan fingerprint density at radius 3 is 2.56 bits per heavy atom. The fraction of sp³-hybridized carbons (Fsp3) is 0.788. The number of allylic oxidation sites excluding steroid dienone is 2. The van der Waals surface area contributed by atoms with Crippen LogP contribution in [-0.2, 0) is 28.6 Å². The van der Waals surface area contributed by atoms with Gasteiger partial charge in [0.25, 0.3) is 0 Å². The molecule has 0 saturated heterocycles. The number of nitrogens with zero attached hydrogens (tertiary/aromatic N) is 1. The average Bonchev–Trinajstić information content (AvgIpc) is 3.54. The zero-order chi connectivity index (χ0) is 29.1. The van der Waals surface area contributed by atoms with E-state index in [1.807, 2.05) is 19.0 Å². The van der Waals surface area contributed by atoms with Gasteiger partial charge < -0.3 is 24.2 Å². The molecule has 4 saturated carbocycles. The zero-order valence-electron chi connectivity index (χ0n) is 25.2. The number of rotatable bonds is 7. The van der Waals surface area contributed by atoms with Crippen LogP contribution in [0.4, 0.5) is 0 Å². The van der Waals surface area contributed by atoms with Crippen LogP contribution >= 0.6 is 0 Å². The molecule has 1 aliphatic heterocycles. The number of ether oxygens (including phenoxy) is 3. The smallest absolute Gasteiger partial charge is 0.307 e. The van der Waals surface area contributed by atoms with E-state index in [4.69, 9.17) is 14.2 Å². The molecule has 0 amide bonds. The van der Waals surface area contributed by atoms with Crippen LogP contribution in [0.2, 0.25) is 0 Å². The first-order valence-electron chi connectivity index (χ1n) is 15.9. The van der Waals surface area contributed by atoms with E-state index in [0.717, 1.165) is 56.9 Å². The van der Waals surface area contributed by atoms with E-state index < -0.39 is 17.8 Å². The maximum absolute atomic E-state index is 13.4. The van der Waals surface area contributed by atoms with Gasteiger partial charge in [-0.15, -0.1) is 0 Å². The Balaban J connectivity index is 1.21. The van der Waals surface area contributed by atoms with E-state index in [1.165, 1.54) is 6.42 Å². The van der Waals surface area contributed by atoms with Gasteiger partial charge >= 0.3 is 5.97 Å². The Bertz CT molecular complexity index is 1150. The molecule has 41 heavy (non-hydrogen) atoms. The quantitative estimate of drug-likeness (QED) is 0.446. The predicted octanol–water partition coefficient (Wildman–Crippen LogP) is 4.55. The Labute approximate surface area is 243 Å². The molecular formula is C33H47NO7. The van der Waals surface area contributed by atoms with Crippen LogP contribution in [0.15, 0.2) is 23.2 Å². The summed E-state index contributed by atoms with van der Waals surface area (Å²) in [5, 5.41) is 11.9. The van der Waals surface area contributed by atoms with E-state index in [0.29, 0.717) is 24.5 Å². The van der Waals surface area contributed by atoms with Crippen molar-refractivity contribution in [1.82, 2.24) is 4.90 Å². The molecule has 1 N–H and O–H groups in total. The first-order valence-corrected chi connectivity index (χ1v) is 15.9. The molecule has 1 heterocycles. The summed E-state index contributed by atoms with van der Waals surface area (Å²) in [7, 11) is 3.79. The van der Waals surface area contributed by atoms with Crippen molar-refractivity contribution < 1.29 is 33.7 Å². The lowest BCUT2D eigenvalue weighted by molar-refractivity contribution is -0.156. The van der Waals surface area contributed by atoms with Crippen LogP contribution in [0.3, 0.4) is 0 Å². The second kappa shape index (κ2) is 10.8. The Kier molecular flexibility index (Phi) is 7.63. The summed E-state index contributed by atoms with van der Waals surface area (Å²) in [4.78, 5) is 40.7. The van der Waals surface area contributed by atoms with Gasteiger partial charge in [-0.25, -0.2) is 0 Å². The number of aliphatic hydroxyl groups is 1. The number of carbonyl (C=O) groups excluding carboxylic acids is 3. The second-order valence-corrected chi connectivity index (χ2v) is 14.3. The minimum atomic E-state index is -0.648. The maximum atomic E-state index is 13.4. The number of aliphatic hydroxyl groups excluding tert-OH is 1. The van der Waals surface area contributed by atoms with Crippen LogP contribution in [0.1, 0.15) is 84.5 Å². The molecule has 0 spiro atoms. The Hall–Kier alpha value is -2.19. The van der Waals surface area contributed by atoms with Crippen LogP contribution in [0.25, 0.3) is 0 Å². The molecule has 8 atom stereocenters. The number of carbonyl (C=O) groups is 3. The molecule has 5 aliphatic carbocycles. The second-order valence-electron chi connectivity index (χ2n) is 14.3. The van der Waals surface area contributed by atoms with Gasteiger partial charge in [-0.2, -0.15) is 0 Å². The van der Waals surface area contributed by atoms with E-state index >= 15 is 0 Å². The molecule has 0 bridgehead atoms. The minimum absolute atomic E-state index is 0.0300. The highest BCUT2D eigenvalue weighted by molar-refractivity contribution is 6.05. The van der Waals surface area contributed by atoms with E-state index in [-0.39, 0.29) is 65.6 Å². The largest absolute Gasteiger partial charge is 0.458 e. The number of hydrogen-bond acceptors (Lipinski definition) is 8. The summed E-state index contributed by atoms with van der Waals surface area (Å²) in [6.07, 6.45) is 10.4. The fourth-order valence-corrected chi connectivity index (χ4v) is 9.77.